The number of carbonyl (C=O) groups excluding carboxylic acids is 1. The number of hydrogen-bond donors (Lipinski definition) is 2. The number of nitrogens with one attached hydrogen (secondary N) is 1. The average Bonchev–Trinajstić information content (AvgIpc) is 3.38. The summed E-state index contributed by atoms with van der Waals surface area (Å²) in [6, 6.07) is 3.77. The molecule has 1 aliphatic carbocycles. The van der Waals surface area contributed by atoms with E-state index in [0.29, 0.717) is 18.0 Å². The number of amides is 1. The van der Waals surface area contributed by atoms with Crippen molar-refractivity contribution in [1.82, 2.24) is 10.3 Å². The fourth-order valence-corrected chi connectivity index (χ4v) is 2.93. The molecule has 3 rings (SSSR count). The predicted octanol–water partition coefficient (Wildman–Crippen LogP) is 2.38. The van der Waals surface area contributed by atoms with Crippen molar-refractivity contribution in [2.24, 2.45) is 11.7 Å². The van der Waals surface area contributed by atoms with Crippen molar-refractivity contribution < 1.29 is 4.79 Å². The smallest absolute Gasteiger partial charge is 0.255 e. The minimum Gasteiger partial charge on any atom is -0.356 e. The van der Waals surface area contributed by atoms with Crippen molar-refractivity contribution in [3.63, 3.8) is 0 Å². The van der Waals surface area contributed by atoms with Gasteiger partial charge in [0.15, 0.2) is 0 Å². The topological polar surface area (TPSA) is 71.2 Å². The molecule has 5 nitrogen and oxygen atoms in total. The molecule has 1 amide bonds. The first kappa shape index (κ1) is 20.0. The minimum absolute atomic E-state index is 0. The van der Waals surface area contributed by atoms with Crippen molar-refractivity contribution in [1.29, 1.82) is 0 Å². The van der Waals surface area contributed by atoms with Crippen LogP contribution in [0, 0.1) is 5.92 Å². The van der Waals surface area contributed by atoms with Gasteiger partial charge in [-0.25, -0.2) is 4.98 Å². The summed E-state index contributed by atoms with van der Waals surface area (Å²) >= 11 is 0. The van der Waals surface area contributed by atoms with E-state index in [0.717, 1.165) is 18.9 Å². The van der Waals surface area contributed by atoms with E-state index in [4.69, 9.17) is 5.73 Å². The number of pyridine rings is 1. The lowest BCUT2D eigenvalue weighted by atomic mass is 10.1. The van der Waals surface area contributed by atoms with Gasteiger partial charge in [0.05, 0.1) is 5.56 Å². The summed E-state index contributed by atoms with van der Waals surface area (Å²) in [5.74, 6) is 1.36. The predicted molar refractivity (Wildman–Crippen MR) is 97.8 cm³/mol. The Hall–Kier alpha value is -1.04. The Morgan fingerprint density at radius 2 is 2.00 bits per heavy atom. The molecular formula is C16H26Cl2N4O. The molecule has 3 N–H and O–H groups in total. The minimum atomic E-state index is -0.0558. The molecule has 130 valence electrons. The van der Waals surface area contributed by atoms with Crippen LogP contribution in [-0.2, 0) is 0 Å². The summed E-state index contributed by atoms with van der Waals surface area (Å²) in [4.78, 5) is 19.1. The van der Waals surface area contributed by atoms with Gasteiger partial charge in [0.25, 0.3) is 5.91 Å². The van der Waals surface area contributed by atoms with Crippen molar-refractivity contribution in [3.8, 4) is 0 Å². The van der Waals surface area contributed by atoms with Gasteiger partial charge in [-0.15, -0.1) is 24.8 Å². The van der Waals surface area contributed by atoms with Crippen LogP contribution in [0.2, 0.25) is 0 Å². The summed E-state index contributed by atoms with van der Waals surface area (Å²) in [5, 5.41) is 2.97. The van der Waals surface area contributed by atoms with E-state index < -0.39 is 0 Å². The molecule has 1 unspecified atom stereocenters. The van der Waals surface area contributed by atoms with E-state index in [9.17, 15) is 4.79 Å². The number of halogens is 2. The molecule has 1 aliphatic heterocycles. The van der Waals surface area contributed by atoms with Crippen LogP contribution in [0.5, 0.6) is 0 Å². The molecule has 1 saturated carbocycles. The van der Waals surface area contributed by atoms with Gasteiger partial charge in [-0.1, -0.05) is 0 Å². The van der Waals surface area contributed by atoms with Crippen LogP contribution in [-0.4, -0.2) is 36.6 Å². The second kappa shape index (κ2) is 9.30. The van der Waals surface area contributed by atoms with Crippen molar-refractivity contribution >= 4 is 36.5 Å². The van der Waals surface area contributed by atoms with Gasteiger partial charge in [0, 0.05) is 31.9 Å². The summed E-state index contributed by atoms with van der Waals surface area (Å²) in [6.45, 7) is 2.52. The molecule has 2 heterocycles. The molecule has 0 aromatic carbocycles. The summed E-state index contributed by atoms with van der Waals surface area (Å²) < 4.78 is 0. The number of piperidine rings is 1. The Kier molecular flexibility index (Phi) is 8.09. The number of nitrogens with two attached hydrogens (primary N) is 1. The molecule has 1 atom stereocenters. The van der Waals surface area contributed by atoms with Crippen LogP contribution in [0.15, 0.2) is 18.3 Å². The summed E-state index contributed by atoms with van der Waals surface area (Å²) in [6.07, 6.45) is 7.76. The van der Waals surface area contributed by atoms with Crippen LogP contribution >= 0.6 is 24.8 Å². The zero-order valence-electron chi connectivity index (χ0n) is 13.2. The van der Waals surface area contributed by atoms with E-state index in [1.54, 1.807) is 6.20 Å². The number of anilines is 1. The number of rotatable bonds is 5. The summed E-state index contributed by atoms with van der Waals surface area (Å²) in [5.41, 5.74) is 6.71. The van der Waals surface area contributed by atoms with Gasteiger partial charge in [-0.3, -0.25) is 4.79 Å². The highest BCUT2D eigenvalue weighted by Crippen LogP contribution is 2.31. The lowest BCUT2D eigenvalue weighted by Gasteiger charge is -2.29. The summed E-state index contributed by atoms with van der Waals surface area (Å²) in [7, 11) is 0. The van der Waals surface area contributed by atoms with Crippen LogP contribution in [0.3, 0.4) is 0 Å². The Morgan fingerprint density at radius 1 is 1.30 bits per heavy atom. The first-order valence-electron chi connectivity index (χ1n) is 7.99. The fourth-order valence-electron chi connectivity index (χ4n) is 2.93. The zero-order chi connectivity index (χ0) is 14.7. The molecule has 1 aromatic rings. The molecule has 23 heavy (non-hydrogen) atoms. The van der Waals surface area contributed by atoms with E-state index >= 15 is 0 Å². The molecule has 0 bridgehead atoms. The van der Waals surface area contributed by atoms with Crippen LogP contribution in [0.4, 0.5) is 5.82 Å². The molecule has 7 heteroatoms. The quantitative estimate of drug-likeness (QED) is 0.845. The molecule has 1 saturated heterocycles. The van der Waals surface area contributed by atoms with E-state index in [1.807, 2.05) is 12.1 Å². The molecule has 1 aromatic heterocycles. The molecule has 2 aliphatic rings. The number of aromatic nitrogens is 1. The SMILES string of the molecule is Cl.Cl.NC(CNC(=O)c1cccnc1N1CCCCC1)C1CC1. The molecule has 0 spiro atoms. The van der Waals surface area contributed by atoms with Crippen molar-refractivity contribution in [3.05, 3.63) is 23.9 Å². The lowest BCUT2D eigenvalue weighted by molar-refractivity contribution is 0.0950. The maximum absolute atomic E-state index is 12.4. The highest BCUT2D eigenvalue weighted by molar-refractivity contribution is 5.98. The average molecular weight is 361 g/mol. The van der Waals surface area contributed by atoms with Crippen molar-refractivity contribution in [2.75, 3.05) is 24.5 Å². The van der Waals surface area contributed by atoms with Crippen LogP contribution in [0.1, 0.15) is 42.5 Å². The van der Waals surface area contributed by atoms with Gasteiger partial charge >= 0.3 is 0 Å². The Labute approximate surface area is 150 Å². The van der Waals surface area contributed by atoms with E-state index in [-0.39, 0.29) is 36.8 Å². The normalized spacial score (nSPS) is 18.4. The van der Waals surface area contributed by atoms with Crippen LogP contribution in [0.25, 0.3) is 0 Å². The van der Waals surface area contributed by atoms with Gasteiger partial charge in [0.2, 0.25) is 0 Å². The number of carbonyl (C=O) groups is 1. The maximum Gasteiger partial charge on any atom is 0.255 e. The van der Waals surface area contributed by atoms with Gasteiger partial charge in [-0.05, 0) is 50.2 Å². The molecule has 2 fully saturated rings. The number of hydrogen-bond acceptors (Lipinski definition) is 4. The molecular weight excluding hydrogens is 335 g/mol. The Balaban J connectivity index is 0.00000132. The number of nitrogens with zero attached hydrogens (tertiary/aromatic N) is 2. The monoisotopic (exact) mass is 360 g/mol. The third-order valence-corrected chi connectivity index (χ3v) is 4.41. The van der Waals surface area contributed by atoms with Gasteiger partial charge in [-0.2, -0.15) is 0 Å². The third-order valence-electron chi connectivity index (χ3n) is 4.41. The first-order chi connectivity index (χ1) is 10.3. The Bertz CT molecular complexity index is 505. The van der Waals surface area contributed by atoms with Gasteiger partial charge < -0.3 is 16.0 Å². The van der Waals surface area contributed by atoms with Crippen LogP contribution < -0.4 is 16.0 Å². The second-order valence-corrected chi connectivity index (χ2v) is 6.13. The fraction of sp³-hybridized carbons (Fsp3) is 0.625. The maximum atomic E-state index is 12.4. The Morgan fingerprint density at radius 3 is 2.65 bits per heavy atom. The lowest BCUT2D eigenvalue weighted by Crippen LogP contribution is -2.39. The molecule has 0 radical (unpaired) electrons. The highest BCUT2D eigenvalue weighted by atomic mass is 35.5. The zero-order valence-corrected chi connectivity index (χ0v) is 14.9. The van der Waals surface area contributed by atoms with Crippen molar-refractivity contribution in [2.45, 2.75) is 38.1 Å². The van der Waals surface area contributed by atoms with Gasteiger partial charge in [0.1, 0.15) is 5.82 Å². The third kappa shape index (κ3) is 5.23. The van der Waals surface area contributed by atoms with E-state index in [1.165, 1.54) is 32.1 Å². The largest absolute Gasteiger partial charge is 0.356 e. The van der Waals surface area contributed by atoms with E-state index in [2.05, 4.69) is 15.2 Å². The second-order valence-electron chi connectivity index (χ2n) is 6.13. The standard InChI is InChI=1S/C16H24N4O.2ClH/c17-14(12-6-7-12)11-19-16(21)13-5-4-8-18-15(13)20-9-2-1-3-10-20;;/h4-5,8,12,14H,1-3,6-7,9-11,17H2,(H,19,21);2*1H. The first-order valence-corrected chi connectivity index (χ1v) is 7.99. The highest BCUT2D eigenvalue weighted by Gasteiger charge is 2.29.